The second-order valence-electron chi connectivity index (χ2n) is 5.10. The zero-order valence-electron chi connectivity index (χ0n) is 13.1. The van der Waals surface area contributed by atoms with E-state index in [1.807, 2.05) is 45.9 Å². The molecule has 116 valence electrons. The van der Waals surface area contributed by atoms with Gasteiger partial charge < -0.3 is 14.8 Å². The van der Waals surface area contributed by atoms with Gasteiger partial charge in [-0.25, -0.2) is 4.79 Å². The van der Waals surface area contributed by atoms with Gasteiger partial charge in [-0.3, -0.25) is 4.79 Å². The number of benzene rings is 1. The van der Waals surface area contributed by atoms with Crippen LogP contribution >= 0.6 is 0 Å². The zero-order valence-corrected chi connectivity index (χ0v) is 13.1. The van der Waals surface area contributed by atoms with Crippen LogP contribution in [0.25, 0.3) is 0 Å². The third-order valence-corrected chi connectivity index (χ3v) is 3.06. The molecule has 1 rings (SSSR count). The number of carbonyl (C=O) groups excluding carboxylic acids is 2. The molecule has 0 aliphatic carbocycles. The van der Waals surface area contributed by atoms with Gasteiger partial charge in [-0.2, -0.15) is 0 Å². The second kappa shape index (κ2) is 8.29. The molecule has 0 heterocycles. The Labute approximate surface area is 125 Å². The number of ether oxygens (including phenoxy) is 2. The average molecular weight is 293 g/mol. The van der Waals surface area contributed by atoms with Gasteiger partial charge in [0.05, 0.1) is 0 Å². The molecule has 5 heteroatoms. The fraction of sp³-hybridized carbons (Fsp3) is 0.500. The first-order valence-corrected chi connectivity index (χ1v) is 7.07. The molecular weight excluding hydrogens is 270 g/mol. The summed E-state index contributed by atoms with van der Waals surface area (Å²) >= 11 is 0. The molecule has 0 aliphatic rings. The molecule has 0 bridgehead atoms. The van der Waals surface area contributed by atoms with Crippen LogP contribution in [0.2, 0.25) is 0 Å². The van der Waals surface area contributed by atoms with Gasteiger partial charge in [0.2, 0.25) is 0 Å². The first-order chi connectivity index (χ1) is 9.92. The molecule has 1 aromatic rings. The van der Waals surface area contributed by atoms with Crippen LogP contribution in [-0.2, 0) is 14.3 Å². The quantitative estimate of drug-likeness (QED) is 0.782. The molecule has 0 saturated carbocycles. The SMILES string of the molecule is CC[C@H](C)NC(=O)COC(=O)COc1ccc(C)cc1C. The molecule has 5 nitrogen and oxygen atoms in total. The van der Waals surface area contributed by atoms with Gasteiger partial charge in [0.1, 0.15) is 5.75 Å². The average Bonchev–Trinajstić information content (AvgIpc) is 2.44. The van der Waals surface area contributed by atoms with Gasteiger partial charge in [-0.1, -0.05) is 24.6 Å². The van der Waals surface area contributed by atoms with E-state index in [1.54, 1.807) is 0 Å². The molecule has 0 fully saturated rings. The Balaban J connectivity index is 2.32. The van der Waals surface area contributed by atoms with Gasteiger partial charge in [0, 0.05) is 6.04 Å². The maximum absolute atomic E-state index is 11.5. The molecule has 0 spiro atoms. The Kier molecular flexibility index (Phi) is 6.72. The minimum absolute atomic E-state index is 0.0719. The van der Waals surface area contributed by atoms with Gasteiger partial charge >= 0.3 is 5.97 Å². The summed E-state index contributed by atoms with van der Waals surface area (Å²) in [6.07, 6.45) is 0.829. The van der Waals surface area contributed by atoms with E-state index in [4.69, 9.17) is 9.47 Å². The fourth-order valence-corrected chi connectivity index (χ4v) is 1.70. The maximum Gasteiger partial charge on any atom is 0.344 e. The number of nitrogens with one attached hydrogen (secondary N) is 1. The summed E-state index contributed by atoms with van der Waals surface area (Å²) in [7, 11) is 0. The van der Waals surface area contributed by atoms with Crippen molar-refractivity contribution >= 4 is 11.9 Å². The van der Waals surface area contributed by atoms with Crippen molar-refractivity contribution in [1.29, 1.82) is 0 Å². The Morgan fingerprint density at radius 1 is 1.24 bits per heavy atom. The lowest BCUT2D eigenvalue weighted by Crippen LogP contribution is -2.35. The molecule has 0 saturated heterocycles. The summed E-state index contributed by atoms with van der Waals surface area (Å²) in [5, 5.41) is 2.72. The summed E-state index contributed by atoms with van der Waals surface area (Å²) < 4.78 is 10.2. The van der Waals surface area contributed by atoms with Crippen LogP contribution in [0, 0.1) is 13.8 Å². The summed E-state index contributed by atoms with van der Waals surface area (Å²) in [6.45, 7) is 7.27. The topological polar surface area (TPSA) is 64.6 Å². The molecule has 0 aliphatic heterocycles. The largest absolute Gasteiger partial charge is 0.482 e. The van der Waals surface area contributed by atoms with Crippen molar-refractivity contribution in [3.63, 3.8) is 0 Å². The van der Waals surface area contributed by atoms with Crippen molar-refractivity contribution in [1.82, 2.24) is 5.32 Å². The number of hydrogen-bond acceptors (Lipinski definition) is 4. The molecule has 1 N–H and O–H groups in total. The van der Waals surface area contributed by atoms with Crippen LogP contribution in [0.5, 0.6) is 5.75 Å². The van der Waals surface area contributed by atoms with E-state index in [2.05, 4.69) is 5.32 Å². The smallest absolute Gasteiger partial charge is 0.344 e. The van der Waals surface area contributed by atoms with Crippen LogP contribution in [0.1, 0.15) is 31.4 Å². The lowest BCUT2D eigenvalue weighted by molar-refractivity contribution is -0.150. The molecule has 1 atom stereocenters. The standard InChI is InChI=1S/C16H23NO4/c1-5-13(4)17-15(18)9-21-16(19)10-20-14-7-6-11(2)8-12(14)3/h6-8,13H,5,9-10H2,1-4H3,(H,17,18)/t13-/m0/s1. The lowest BCUT2D eigenvalue weighted by atomic mass is 10.1. The first-order valence-electron chi connectivity index (χ1n) is 7.07. The number of carbonyl (C=O) groups is 2. The van der Waals surface area contributed by atoms with Crippen molar-refractivity contribution in [3.8, 4) is 5.75 Å². The fourth-order valence-electron chi connectivity index (χ4n) is 1.70. The summed E-state index contributed by atoms with van der Waals surface area (Å²) in [5.41, 5.74) is 2.08. The monoisotopic (exact) mass is 293 g/mol. The number of aryl methyl sites for hydroxylation is 2. The number of hydrogen-bond donors (Lipinski definition) is 1. The van der Waals surface area contributed by atoms with Crippen molar-refractivity contribution in [2.45, 2.75) is 40.2 Å². The van der Waals surface area contributed by atoms with E-state index >= 15 is 0 Å². The van der Waals surface area contributed by atoms with Gasteiger partial charge in [0.15, 0.2) is 13.2 Å². The van der Waals surface area contributed by atoms with E-state index in [0.717, 1.165) is 17.5 Å². The van der Waals surface area contributed by atoms with E-state index < -0.39 is 5.97 Å². The molecule has 1 aromatic carbocycles. The lowest BCUT2D eigenvalue weighted by Gasteiger charge is -2.12. The Hall–Kier alpha value is -2.04. The van der Waals surface area contributed by atoms with Crippen LogP contribution < -0.4 is 10.1 Å². The first kappa shape index (κ1) is 17.0. The zero-order chi connectivity index (χ0) is 15.8. The highest BCUT2D eigenvalue weighted by atomic mass is 16.6. The Morgan fingerprint density at radius 3 is 2.57 bits per heavy atom. The molecule has 1 amide bonds. The van der Waals surface area contributed by atoms with E-state index in [1.165, 1.54) is 0 Å². The molecular formula is C16H23NO4. The van der Waals surface area contributed by atoms with E-state index in [-0.39, 0.29) is 25.2 Å². The van der Waals surface area contributed by atoms with Gasteiger partial charge in [-0.15, -0.1) is 0 Å². The van der Waals surface area contributed by atoms with Crippen LogP contribution in [0.15, 0.2) is 18.2 Å². The number of rotatable bonds is 7. The Morgan fingerprint density at radius 2 is 1.95 bits per heavy atom. The van der Waals surface area contributed by atoms with Crippen molar-refractivity contribution in [3.05, 3.63) is 29.3 Å². The van der Waals surface area contributed by atoms with Crippen molar-refractivity contribution in [2.75, 3.05) is 13.2 Å². The summed E-state index contributed by atoms with van der Waals surface area (Å²) in [4.78, 5) is 23.0. The highest BCUT2D eigenvalue weighted by Gasteiger charge is 2.10. The summed E-state index contributed by atoms with van der Waals surface area (Å²) in [6, 6.07) is 5.77. The highest BCUT2D eigenvalue weighted by Crippen LogP contribution is 2.18. The van der Waals surface area contributed by atoms with E-state index in [9.17, 15) is 9.59 Å². The van der Waals surface area contributed by atoms with Crippen molar-refractivity contribution in [2.24, 2.45) is 0 Å². The van der Waals surface area contributed by atoms with Gasteiger partial charge in [-0.05, 0) is 38.8 Å². The maximum atomic E-state index is 11.5. The molecule has 0 radical (unpaired) electrons. The third kappa shape index (κ3) is 6.29. The predicted octanol–water partition coefficient (Wildman–Crippen LogP) is 2.14. The highest BCUT2D eigenvalue weighted by molar-refractivity contribution is 5.81. The third-order valence-electron chi connectivity index (χ3n) is 3.06. The normalized spacial score (nSPS) is 11.6. The van der Waals surface area contributed by atoms with Crippen LogP contribution in [-0.4, -0.2) is 31.1 Å². The van der Waals surface area contributed by atoms with Crippen LogP contribution in [0.3, 0.4) is 0 Å². The van der Waals surface area contributed by atoms with Crippen LogP contribution in [0.4, 0.5) is 0 Å². The predicted molar refractivity (Wildman–Crippen MR) is 80.3 cm³/mol. The minimum atomic E-state index is -0.561. The number of esters is 1. The summed E-state index contributed by atoms with van der Waals surface area (Å²) in [5.74, 6) is -0.222. The van der Waals surface area contributed by atoms with Gasteiger partial charge in [0.25, 0.3) is 5.91 Å². The molecule has 0 aromatic heterocycles. The number of amides is 1. The second-order valence-corrected chi connectivity index (χ2v) is 5.10. The minimum Gasteiger partial charge on any atom is -0.482 e. The molecule has 0 unspecified atom stereocenters. The van der Waals surface area contributed by atoms with E-state index in [0.29, 0.717) is 5.75 Å². The Bertz CT molecular complexity index is 499. The molecule has 21 heavy (non-hydrogen) atoms. The van der Waals surface area contributed by atoms with Crippen molar-refractivity contribution < 1.29 is 19.1 Å².